The molecule has 0 N–H and O–H groups in total. The molecule has 0 fully saturated rings. The lowest BCUT2D eigenvalue weighted by Gasteiger charge is -2.03. The van der Waals surface area contributed by atoms with Gasteiger partial charge in [-0.1, -0.05) is 11.8 Å². The third-order valence-electron chi connectivity index (χ3n) is 2.77. The van der Waals surface area contributed by atoms with Crippen molar-refractivity contribution >= 4 is 39.3 Å². The van der Waals surface area contributed by atoms with Gasteiger partial charge >= 0.3 is 0 Å². The highest BCUT2D eigenvalue weighted by atomic mass is 79.9. The summed E-state index contributed by atoms with van der Waals surface area (Å²) in [5.74, 6) is 0. The first kappa shape index (κ1) is 14.3. The number of halogens is 1. The highest BCUT2D eigenvalue weighted by Gasteiger charge is 2.10. The third-order valence-corrected chi connectivity index (χ3v) is 4.09. The smallest absolute Gasteiger partial charge is 0.169 e. The van der Waals surface area contributed by atoms with E-state index in [1.165, 1.54) is 0 Å². The maximum Gasteiger partial charge on any atom is 0.169 e. The van der Waals surface area contributed by atoms with Crippen molar-refractivity contribution < 1.29 is 0 Å². The number of aryl methyl sites for hydroxylation is 1. The maximum absolute atomic E-state index is 4.45. The molecule has 0 aromatic carbocycles. The maximum atomic E-state index is 4.45. The van der Waals surface area contributed by atoms with Crippen molar-refractivity contribution in [2.45, 2.75) is 19.0 Å². The van der Waals surface area contributed by atoms with Gasteiger partial charge in [-0.2, -0.15) is 0 Å². The molecule has 2 rings (SSSR count). The fourth-order valence-electron chi connectivity index (χ4n) is 1.67. The average molecular weight is 339 g/mol. The van der Waals surface area contributed by atoms with Gasteiger partial charge in [0, 0.05) is 13.2 Å². The molecule has 0 amide bonds. The molecule has 2 heterocycles. The minimum atomic E-state index is 0.846. The fraction of sp³-hybridized carbons (Fsp3) is 0.308. The standard InChI is InChI=1S/C13H15BrN4S/c1-8(10-7-15-9(2)6-16-10)5-11-12(14)17-13(19-4)18(11)3/h5-7H,1-4H3/b8-5-. The first-order chi connectivity index (χ1) is 9.02. The van der Waals surface area contributed by atoms with Crippen LogP contribution < -0.4 is 0 Å². The Morgan fingerprint density at radius 3 is 2.63 bits per heavy atom. The average Bonchev–Trinajstić information content (AvgIpc) is 2.67. The number of thioether (sulfide) groups is 1. The van der Waals surface area contributed by atoms with E-state index < -0.39 is 0 Å². The largest absolute Gasteiger partial charge is 0.322 e. The second-order valence-corrected chi connectivity index (χ2v) is 5.73. The summed E-state index contributed by atoms with van der Waals surface area (Å²) in [4.78, 5) is 13.1. The Labute approximate surface area is 125 Å². The van der Waals surface area contributed by atoms with Crippen LogP contribution in [-0.2, 0) is 7.05 Å². The number of allylic oxidation sites excluding steroid dienone is 1. The van der Waals surface area contributed by atoms with E-state index in [0.717, 1.165) is 32.4 Å². The lowest BCUT2D eigenvalue weighted by atomic mass is 10.2. The van der Waals surface area contributed by atoms with Crippen molar-refractivity contribution in [2.24, 2.45) is 7.05 Å². The van der Waals surface area contributed by atoms with Gasteiger partial charge in [-0.05, 0) is 47.7 Å². The Balaban J connectivity index is 2.40. The quantitative estimate of drug-likeness (QED) is 0.802. The van der Waals surface area contributed by atoms with Gasteiger partial charge in [-0.15, -0.1) is 0 Å². The minimum Gasteiger partial charge on any atom is -0.322 e. The molecular weight excluding hydrogens is 324 g/mol. The van der Waals surface area contributed by atoms with Crippen molar-refractivity contribution in [2.75, 3.05) is 6.26 Å². The number of aromatic nitrogens is 4. The molecule has 19 heavy (non-hydrogen) atoms. The van der Waals surface area contributed by atoms with E-state index in [0.29, 0.717) is 0 Å². The molecule has 0 radical (unpaired) electrons. The van der Waals surface area contributed by atoms with Gasteiger partial charge in [0.25, 0.3) is 0 Å². The third kappa shape index (κ3) is 3.06. The van der Waals surface area contributed by atoms with Crippen LogP contribution in [0.15, 0.2) is 22.2 Å². The second kappa shape index (κ2) is 5.88. The van der Waals surface area contributed by atoms with E-state index in [9.17, 15) is 0 Å². The van der Waals surface area contributed by atoms with Gasteiger partial charge in [0.05, 0.1) is 23.3 Å². The van der Waals surface area contributed by atoms with E-state index in [-0.39, 0.29) is 0 Å². The van der Waals surface area contributed by atoms with Crippen LogP contribution in [0.25, 0.3) is 11.6 Å². The Hall–Kier alpha value is -1.14. The summed E-state index contributed by atoms with van der Waals surface area (Å²) in [6.45, 7) is 3.95. The van der Waals surface area contributed by atoms with Gasteiger partial charge in [0.2, 0.25) is 0 Å². The summed E-state index contributed by atoms with van der Waals surface area (Å²) >= 11 is 5.12. The summed E-state index contributed by atoms with van der Waals surface area (Å²) < 4.78 is 2.90. The predicted octanol–water partition coefficient (Wildman–Crippen LogP) is 3.56. The van der Waals surface area contributed by atoms with E-state index in [1.54, 1.807) is 24.2 Å². The van der Waals surface area contributed by atoms with Gasteiger partial charge in [0.1, 0.15) is 4.60 Å². The number of hydrogen-bond acceptors (Lipinski definition) is 4. The lowest BCUT2D eigenvalue weighted by Crippen LogP contribution is -1.95. The van der Waals surface area contributed by atoms with Gasteiger partial charge < -0.3 is 4.57 Å². The normalized spacial score (nSPS) is 11.9. The molecule has 0 aliphatic carbocycles. The molecule has 0 saturated heterocycles. The zero-order valence-corrected chi connectivity index (χ0v) is 13.7. The summed E-state index contributed by atoms with van der Waals surface area (Å²) in [6.07, 6.45) is 7.65. The number of hydrogen-bond donors (Lipinski definition) is 0. The Morgan fingerprint density at radius 2 is 2.11 bits per heavy atom. The van der Waals surface area contributed by atoms with Gasteiger partial charge in [-0.3, -0.25) is 9.97 Å². The van der Waals surface area contributed by atoms with Crippen molar-refractivity contribution in [1.29, 1.82) is 0 Å². The highest BCUT2D eigenvalue weighted by molar-refractivity contribution is 9.10. The molecule has 0 aliphatic rings. The van der Waals surface area contributed by atoms with E-state index in [2.05, 4.69) is 41.5 Å². The van der Waals surface area contributed by atoms with Crippen molar-refractivity contribution in [3.05, 3.63) is 34.1 Å². The Bertz CT molecular complexity index is 616. The van der Waals surface area contributed by atoms with Crippen LogP contribution in [0.5, 0.6) is 0 Å². The van der Waals surface area contributed by atoms with Crippen LogP contribution in [0.2, 0.25) is 0 Å². The molecule has 2 aromatic rings. The molecule has 0 aliphatic heterocycles. The van der Waals surface area contributed by atoms with Crippen LogP contribution in [0.3, 0.4) is 0 Å². The van der Waals surface area contributed by atoms with Crippen LogP contribution >= 0.6 is 27.7 Å². The lowest BCUT2D eigenvalue weighted by molar-refractivity contribution is 0.784. The van der Waals surface area contributed by atoms with Crippen molar-refractivity contribution in [3.63, 3.8) is 0 Å². The number of nitrogens with zero attached hydrogens (tertiary/aromatic N) is 4. The molecule has 0 saturated carbocycles. The molecular formula is C13H15BrN4S. The highest BCUT2D eigenvalue weighted by Crippen LogP contribution is 2.26. The molecule has 0 atom stereocenters. The zero-order valence-electron chi connectivity index (χ0n) is 11.3. The van der Waals surface area contributed by atoms with Crippen molar-refractivity contribution in [3.8, 4) is 0 Å². The topological polar surface area (TPSA) is 43.6 Å². The first-order valence-corrected chi connectivity index (χ1v) is 7.78. The summed E-state index contributed by atoms with van der Waals surface area (Å²) in [6, 6.07) is 0. The van der Waals surface area contributed by atoms with Crippen LogP contribution in [0.1, 0.15) is 24.0 Å². The summed E-state index contributed by atoms with van der Waals surface area (Å²) in [5.41, 5.74) is 3.89. The van der Waals surface area contributed by atoms with Gasteiger partial charge in [-0.25, -0.2) is 4.98 Å². The molecule has 0 unspecified atom stereocenters. The zero-order chi connectivity index (χ0) is 14.0. The summed E-state index contributed by atoms with van der Waals surface area (Å²) in [7, 11) is 2.00. The first-order valence-electron chi connectivity index (χ1n) is 5.76. The molecule has 6 heteroatoms. The minimum absolute atomic E-state index is 0.846. The Kier molecular flexibility index (Phi) is 4.42. The van der Waals surface area contributed by atoms with Crippen LogP contribution in [-0.4, -0.2) is 25.8 Å². The molecule has 100 valence electrons. The van der Waals surface area contributed by atoms with E-state index in [1.807, 2.05) is 27.2 Å². The SMILES string of the molecule is CSc1nc(Br)c(/C=C(/C)c2cnc(C)cn2)n1C. The Morgan fingerprint density at radius 1 is 1.37 bits per heavy atom. The van der Waals surface area contributed by atoms with E-state index in [4.69, 9.17) is 0 Å². The monoisotopic (exact) mass is 338 g/mol. The molecule has 2 aromatic heterocycles. The van der Waals surface area contributed by atoms with Crippen LogP contribution in [0, 0.1) is 6.92 Å². The number of imidazole rings is 1. The molecule has 0 spiro atoms. The number of rotatable bonds is 3. The van der Waals surface area contributed by atoms with Crippen LogP contribution in [0.4, 0.5) is 0 Å². The second-order valence-electron chi connectivity index (χ2n) is 4.20. The predicted molar refractivity (Wildman–Crippen MR) is 83.0 cm³/mol. The fourth-order valence-corrected chi connectivity index (χ4v) is 2.89. The molecule has 0 bridgehead atoms. The van der Waals surface area contributed by atoms with E-state index >= 15 is 0 Å². The van der Waals surface area contributed by atoms with Gasteiger partial charge in [0.15, 0.2) is 5.16 Å². The van der Waals surface area contributed by atoms with Crippen molar-refractivity contribution in [1.82, 2.24) is 19.5 Å². The molecule has 4 nitrogen and oxygen atoms in total. The summed E-state index contributed by atoms with van der Waals surface area (Å²) in [5, 5.41) is 0.973.